The zero-order valence-corrected chi connectivity index (χ0v) is 17.4. The van der Waals surface area contributed by atoms with Crippen LogP contribution in [0.15, 0.2) is 53.2 Å². The van der Waals surface area contributed by atoms with Crippen molar-refractivity contribution in [1.29, 1.82) is 0 Å². The number of anilines is 1. The van der Waals surface area contributed by atoms with Gasteiger partial charge in [-0.3, -0.25) is 9.69 Å². The topological polar surface area (TPSA) is 51.1 Å². The summed E-state index contributed by atoms with van der Waals surface area (Å²) in [5.41, 5.74) is 4.37. The number of benzene rings is 2. The molecule has 1 heterocycles. The molecule has 0 radical (unpaired) electrons. The number of aryl methyl sites for hydroxylation is 2. The van der Waals surface area contributed by atoms with Gasteiger partial charge in [0.25, 0.3) is 5.91 Å². The minimum absolute atomic E-state index is 0.124. The molecule has 2 aromatic rings. The summed E-state index contributed by atoms with van der Waals surface area (Å²) in [5.74, 6) is 1.37. The van der Waals surface area contributed by atoms with Gasteiger partial charge in [-0.15, -0.1) is 0 Å². The Labute approximate surface area is 170 Å². The van der Waals surface area contributed by atoms with E-state index in [1.165, 1.54) is 11.8 Å². The molecule has 0 aliphatic carbocycles. The monoisotopic (exact) mass is 396 g/mol. The number of nitrogens with zero attached hydrogens (tertiary/aromatic N) is 2. The van der Waals surface area contributed by atoms with Crippen LogP contribution >= 0.6 is 11.8 Å². The number of aliphatic imine (C=N–C) groups is 1. The van der Waals surface area contributed by atoms with Crippen molar-refractivity contribution >= 4 is 34.6 Å². The summed E-state index contributed by atoms with van der Waals surface area (Å²) in [6, 6.07) is 13.7. The highest BCUT2D eigenvalue weighted by atomic mass is 32.2. The maximum atomic E-state index is 13.2. The third-order valence-electron chi connectivity index (χ3n) is 4.23. The number of hydrogen-bond acceptors (Lipinski definition) is 5. The normalized spacial score (nSPS) is 15.3. The van der Waals surface area contributed by atoms with Crippen LogP contribution in [0, 0.1) is 13.8 Å². The van der Waals surface area contributed by atoms with Crippen molar-refractivity contribution < 1.29 is 14.3 Å². The van der Waals surface area contributed by atoms with Crippen LogP contribution in [0.2, 0.25) is 0 Å². The number of amides is 1. The van der Waals surface area contributed by atoms with Crippen LogP contribution in [0.4, 0.5) is 5.69 Å². The molecule has 1 aliphatic heterocycles. The molecule has 3 rings (SSSR count). The Morgan fingerprint density at radius 1 is 1.07 bits per heavy atom. The maximum Gasteiger partial charge on any atom is 0.283 e. The zero-order valence-electron chi connectivity index (χ0n) is 16.6. The van der Waals surface area contributed by atoms with Gasteiger partial charge in [-0.25, -0.2) is 4.99 Å². The van der Waals surface area contributed by atoms with Crippen LogP contribution in [0.1, 0.15) is 16.7 Å². The summed E-state index contributed by atoms with van der Waals surface area (Å²) in [6.07, 6.45) is 1.81. The van der Waals surface area contributed by atoms with Gasteiger partial charge in [-0.05, 0) is 60.9 Å². The second-order valence-electron chi connectivity index (χ2n) is 6.52. The second-order valence-corrected chi connectivity index (χ2v) is 7.59. The SMILES string of the molecule is COCCSC1=N/C(=C\c2ccc(OC)cc2)C(=O)N1c1cc(C)cc(C)c1. The van der Waals surface area contributed by atoms with Gasteiger partial charge in [0.2, 0.25) is 0 Å². The summed E-state index contributed by atoms with van der Waals surface area (Å²) < 4.78 is 10.3. The lowest BCUT2D eigenvalue weighted by molar-refractivity contribution is -0.113. The third-order valence-corrected chi connectivity index (χ3v) is 5.13. The molecule has 0 unspecified atom stereocenters. The Bertz CT molecular complexity index is 900. The number of ether oxygens (including phenoxy) is 2. The summed E-state index contributed by atoms with van der Waals surface area (Å²) >= 11 is 1.52. The molecule has 5 nitrogen and oxygen atoms in total. The fourth-order valence-electron chi connectivity index (χ4n) is 2.97. The number of carbonyl (C=O) groups is 1. The van der Waals surface area contributed by atoms with Crippen LogP contribution in [-0.2, 0) is 9.53 Å². The second kappa shape index (κ2) is 9.08. The lowest BCUT2D eigenvalue weighted by Crippen LogP contribution is -2.30. The van der Waals surface area contributed by atoms with E-state index in [-0.39, 0.29) is 5.91 Å². The van der Waals surface area contributed by atoms with Crippen molar-refractivity contribution in [2.75, 3.05) is 31.5 Å². The van der Waals surface area contributed by atoms with E-state index in [1.807, 2.05) is 50.2 Å². The molecule has 0 saturated carbocycles. The van der Waals surface area contributed by atoms with E-state index < -0.39 is 0 Å². The van der Waals surface area contributed by atoms with E-state index in [1.54, 1.807) is 25.2 Å². The Morgan fingerprint density at radius 3 is 2.36 bits per heavy atom. The van der Waals surface area contributed by atoms with Gasteiger partial charge in [0.1, 0.15) is 11.4 Å². The van der Waals surface area contributed by atoms with Gasteiger partial charge in [0.05, 0.1) is 19.4 Å². The summed E-state index contributed by atoms with van der Waals surface area (Å²) in [4.78, 5) is 19.5. The Hall–Kier alpha value is -2.57. The first-order valence-electron chi connectivity index (χ1n) is 9.01. The van der Waals surface area contributed by atoms with Gasteiger partial charge < -0.3 is 9.47 Å². The lowest BCUT2D eigenvalue weighted by atomic mass is 10.1. The van der Waals surface area contributed by atoms with Crippen LogP contribution in [0.5, 0.6) is 5.75 Å². The largest absolute Gasteiger partial charge is 0.497 e. The molecule has 0 bridgehead atoms. The highest BCUT2D eigenvalue weighted by molar-refractivity contribution is 8.14. The first-order valence-corrected chi connectivity index (χ1v) is 9.99. The van der Waals surface area contributed by atoms with Crippen LogP contribution < -0.4 is 9.64 Å². The molecule has 0 fully saturated rings. The lowest BCUT2D eigenvalue weighted by Gasteiger charge is -2.19. The molecule has 6 heteroatoms. The van der Waals surface area contributed by atoms with E-state index in [4.69, 9.17) is 9.47 Å². The Kier molecular flexibility index (Phi) is 6.54. The standard InChI is InChI=1S/C22H24N2O3S/c1-15-11-16(2)13-18(12-15)24-21(25)20(23-22(24)28-10-9-26-3)14-17-5-7-19(27-4)8-6-17/h5-8,11-14H,9-10H2,1-4H3/b20-14-. The zero-order chi connectivity index (χ0) is 20.1. The predicted octanol–water partition coefficient (Wildman–Crippen LogP) is 4.44. The van der Waals surface area contributed by atoms with Crippen LogP contribution in [0.25, 0.3) is 6.08 Å². The van der Waals surface area contributed by atoms with E-state index in [0.29, 0.717) is 17.5 Å². The molecule has 0 aromatic heterocycles. The van der Waals surface area contributed by atoms with Crippen molar-refractivity contribution in [3.63, 3.8) is 0 Å². The minimum atomic E-state index is -0.124. The van der Waals surface area contributed by atoms with E-state index in [2.05, 4.69) is 11.1 Å². The van der Waals surface area contributed by atoms with Crippen LogP contribution in [0.3, 0.4) is 0 Å². The maximum absolute atomic E-state index is 13.2. The molecule has 0 atom stereocenters. The number of carbonyl (C=O) groups excluding carboxylic acids is 1. The Morgan fingerprint density at radius 2 is 1.75 bits per heavy atom. The molecule has 0 saturated heterocycles. The molecule has 2 aromatic carbocycles. The fraction of sp³-hybridized carbons (Fsp3) is 0.273. The molecule has 0 spiro atoms. The van der Waals surface area contributed by atoms with Crippen molar-refractivity contribution in [1.82, 2.24) is 0 Å². The molecule has 0 N–H and O–H groups in total. The predicted molar refractivity (Wildman–Crippen MR) is 116 cm³/mol. The molecule has 1 aliphatic rings. The summed E-state index contributed by atoms with van der Waals surface area (Å²) in [5, 5.41) is 0.673. The fourth-order valence-corrected chi connectivity index (χ4v) is 3.89. The summed E-state index contributed by atoms with van der Waals surface area (Å²) in [6.45, 7) is 4.65. The van der Waals surface area contributed by atoms with E-state index in [9.17, 15) is 4.79 Å². The van der Waals surface area contributed by atoms with Crippen molar-refractivity contribution in [2.24, 2.45) is 4.99 Å². The number of hydrogen-bond donors (Lipinski definition) is 0. The first-order chi connectivity index (χ1) is 13.5. The molecule has 146 valence electrons. The van der Waals surface area contributed by atoms with Crippen molar-refractivity contribution in [3.8, 4) is 5.75 Å². The first kappa shape index (κ1) is 20.2. The van der Waals surface area contributed by atoms with Gasteiger partial charge >= 0.3 is 0 Å². The highest BCUT2D eigenvalue weighted by Crippen LogP contribution is 2.30. The Balaban J connectivity index is 1.95. The quantitative estimate of drug-likeness (QED) is 0.535. The van der Waals surface area contributed by atoms with E-state index >= 15 is 0 Å². The molecular weight excluding hydrogens is 372 g/mol. The average molecular weight is 397 g/mol. The summed E-state index contributed by atoms with van der Waals surface area (Å²) in [7, 11) is 3.29. The smallest absolute Gasteiger partial charge is 0.283 e. The number of rotatable bonds is 6. The minimum Gasteiger partial charge on any atom is -0.497 e. The van der Waals surface area contributed by atoms with Crippen molar-refractivity contribution in [2.45, 2.75) is 13.8 Å². The average Bonchev–Trinajstić information content (AvgIpc) is 2.97. The molecular formula is C22H24N2O3S. The van der Waals surface area contributed by atoms with Gasteiger partial charge in [0, 0.05) is 12.9 Å². The highest BCUT2D eigenvalue weighted by Gasteiger charge is 2.32. The van der Waals surface area contributed by atoms with Crippen LogP contribution in [-0.4, -0.2) is 37.7 Å². The van der Waals surface area contributed by atoms with Gasteiger partial charge in [-0.2, -0.15) is 0 Å². The number of amidine groups is 1. The number of thioether (sulfide) groups is 1. The van der Waals surface area contributed by atoms with Crippen molar-refractivity contribution in [3.05, 3.63) is 64.9 Å². The van der Waals surface area contributed by atoms with Gasteiger partial charge in [0.15, 0.2) is 5.17 Å². The molecule has 28 heavy (non-hydrogen) atoms. The van der Waals surface area contributed by atoms with E-state index in [0.717, 1.165) is 33.9 Å². The molecule has 1 amide bonds. The third kappa shape index (κ3) is 4.64. The number of methoxy groups -OCH3 is 2. The van der Waals surface area contributed by atoms with Gasteiger partial charge in [-0.1, -0.05) is 30.0 Å².